The lowest BCUT2D eigenvalue weighted by molar-refractivity contribution is -0.122. The van der Waals surface area contributed by atoms with E-state index in [9.17, 15) is 4.79 Å². The number of carbonyl (C=O) groups is 1. The maximum absolute atomic E-state index is 11.5. The van der Waals surface area contributed by atoms with Gasteiger partial charge in [-0.1, -0.05) is 34.1 Å². The molecule has 8 heteroatoms. The van der Waals surface area contributed by atoms with Crippen molar-refractivity contribution >= 4 is 51.8 Å². The molecule has 0 bridgehead atoms. The molecule has 0 atom stereocenters. The maximum atomic E-state index is 11.5. The van der Waals surface area contributed by atoms with Gasteiger partial charge in [0.05, 0.1) is 6.54 Å². The van der Waals surface area contributed by atoms with E-state index < -0.39 is 0 Å². The Morgan fingerprint density at radius 2 is 1.96 bits per heavy atom. The Balaban J connectivity index is 0.00000280. The summed E-state index contributed by atoms with van der Waals surface area (Å²) in [5, 5.41) is 9.79. The first-order chi connectivity index (χ1) is 13.1. The van der Waals surface area contributed by atoms with Crippen LogP contribution in [0.3, 0.4) is 0 Å². The molecule has 1 aliphatic carbocycles. The molecule has 1 amide bonds. The number of piperidine rings is 1. The Morgan fingerprint density at radius 3 is 2.54 bits per heavy atom. The van der Waals surface area contributed by atoms with E-state index in [-0.39, 0.29) is 35.3 Å². The lowest BCUT2D eigenvalue weighted by Gasteiger charge is -2.32. The van der Waals surface area contributed by atoms with Gasteiger partial charge in [-0.2, -0.15) is 0 Å². The van der Waals surface area contributed by atoms with Crippen LogP contribution >= 0.6 is 39.9 Å². The van der Waals surface area contributed by atoms with Crippen LogP contribution in [0.25, 0.3) is 0 Å². The quantitative estimate of drug-likeness (QED) is 0.283. The molecule has 156 valence electrons. The summed E-state index contributed by atoms with van der Waals surface area (Å²) in [6.07, 6.45) is 4.45. The minimum absolute atomic E-state index is 0. The molecule has 2 fully saturated rings. The molecule has 6 nitrogen and oxygen atoms in total. The van der Waals surface area contributed by atoms with Crippen LogP contribution in [0.15, 0.2) is 33.7 Å². The molecule has 0 spiro atoms. The van der Waals surface area contributed by atoms with Crippen molar-refractivity contribution in [2.45, 2.75) is 37.1 Å². The second-order valence-corrected chi connectivity index (χ2v) is 8.41. The average molecular weight is 564 g/mol. The van der Waals surface area contributed by atoms with Gasteiger partial charge in [0.2, 0.25) is 5.91 Å². The first-order valence-corrected chi connectivity index (χ1v) is 10.5. The van der Waals surface area contributed by atoms with Gasteiger partial charge in [-0.3, -0.25) is 14.7 Å². The summed E-state index contributed by atoms with van der Waals surface area (Å²) in [6, 6.07) is 8.91. The second kappa shape index (κ2) is 10.8. The second-order valence-electron chi connectivity index (χ2n) is 7.55. The number of amides is 1. The SMILES string of the molecule is CN=C(NCC1(c2ccccc2Br)CC1)NC1CCN(CC(=O)NC)CC1.I. The van der Waals surface area contributed by atoms with Crippen LogP contribution in [0.2, 0.25) is 0 Å². The van der Waals surface area contributed by atoms with Gasteiger partial charge in [0.15, 0.2) is 5.96 Å². The molecule has 1 saturated heterocycles. The van der Waals surface area contributed by atoms with Crippen LogP contribution < -0.4 is 16.0 Å². The molecular formula is C20H31BrIN5O. The standard InChI is InChI=1S/C20H30BrN5O.HI/c1-22-18(27)13-26-11-7-15(8-12-26)25-19(23-2)24-14-20(9-10-20)16-5-3-4-6-17(16)21;/h3-6,15H,7-14H2,1-2H3,(H,22,27)(H2,23,24,25);1H. The van der Waals surface area contributed by atoms with Crippen molar-refractivity contribution in [3.8, 4) is 0 Å². The summed E-state index contributed by atoms with van der Waals surface area (Å²) in [4.78, 5) is 18.1. The predicted octanol–water partition coefficient (Wildman–Crippen LogP) is 2.47. The molecule has 1 heterocycles. The molecule has 1 aromatic carbocycles. The van der Waals surface area contributed by atoms with E-state index in [1.54, 1.807) is 7.05 Å². The topological polar surface area (TPSA) is 68.8 Å². The molecule has 1 aromatic rings. The summed E-state index contributed by atoms with van der Waals surface area (Å²) >= 11 is 3.70. The van der Waals surface area contributed by atoms with E-state index in [1.807, 2.05) is 7.05 Å². The number of likely N-dealkylation sites (N-methyl/N-ethyl adjacent to an activating group) is 1. The summed E-state index contributed by atoms with van der Waals surface area (Å²) in [6.45, 7) is 3.25. The van der Waals surface area contributed by atoms with E-state index in [4.69, 9.17) is 0 Å². The highest BCUT2D eigenvalue weighted by Gasteiger charge is 2.45. The minimum atomic E-state index is 0. The zero-order chi connectivity index (χ0) is 19.3. The van der Waals surface area contributed by atoms with Gasteiger partial charge >= 0.3 is 0 Å². The van der Waals surface area contributed by atoms with Crippen LogP contribution in [0.1, 0.15) is 31.2 Å². The Hall–Kier alpha value is -0.870. The van der Waals surface area contributed by atoms with Crippen molar-refractivity contribution in [1.29, 1.82) is 0 Å². The zero-order valence-corrected chi connectivity index (χ0v) is 20.5. The molecule has 28 heavy (non-hydrogen) atoms. The highest BCUT2D eigenvalue weighted by Crippen LogP contribution is 2.49. The zero-order valence-electron chi connectivity index (χ0n) is 16.6. The van der Waals surface area contributed by atoms with Crippen LogP contribution in [-0.4, -0.2) is 63.1 Å². The largest absolute Gasteiger partial charge is 0.358 e. The summed E-state index contributed by atoms with van der Waals surface area (Å²) in [7, 11) is 3.51. The third-order valence-electron chi connectivity index (χ3n) is 5.69. The number of guanidine groups is 1. The predicted molar refractivity (Wildman–Crippen MR) is 128 cm³/mol. The van der Waals surface area contributed by atoms with Crippen LogP contribution in [-0.2, 0) is 10.2 Å². The number of hydrogen-bond donors (Lipinski definition) is 3. The Bertz CT molecular complexity index is 687. The number of carbonyl (C=O) groups excluding carboxylic acids is 1. The Labute approximate surface area is 193 Å². The van der Waals surface area contributed by atoms with Crippen LogP contribution in [0.4, 0.5) is 0 Å². The molecule has 0 unspecified atom stereocenters. The van der Waals surface area contributed by atoms with Gasteiger partial charge in [0.1, 0.15) is 0 Å². The number of likely N-dealkylation sites (tertiary alicyclic amines) is 1. The fourth-order valence-corrected chi connectivity index (χ4v) is 4.45. The van der Waals surface area contributed by atoms with E-state index in [0.717, 1.165) is 38.4 Å². The lowest BCUT2D eigenvalue weighted by Crippen LogP contribution is -2.50. The van der Waals surface area contributed by atoms with Crippen molar-refractivity contribution in [3.63, 3.8) is 0 Å². The first-order valence-electron chi connectivity index (χ1n) is 9.71. The van der Waals surface area contributed by atoms with Gasteiger partial charge in [-0.25, -0.2) is 0 Å². The molecule has 1 aliphatic heterocycles. The first kappa shape index (κ1) is 23.4. The molecule has 2 aliphatic rings. The minimum Gasteiger partial charge on any atom is -0.358 e. The van der Waals surface area contributed by atoms with Gasteiger partial charge in [-0.05, 0) is 37.3 Å². The highest BCUT2D eigenvalue weighted by molar-refractivity contribution is 14.0. The Morgan fingerprint density at radius 1 is 1.29 bits per heavy atom. The van der Waals surface area contributed by atoms with Crippen molar-refractivity contribution in [3.05, 3.63) is 34.3 Å². The molecule has 3 rings (SSSR count). The fourth-order valence-electron chi connectivity index (χ4n) is 3.74. The molecule has 1 saturated carbocycles. The molecule has 0 radical (unpaired) electrons. The summed E-state index contributed by atoms with van der Waals surface area (Å²) in [5.74, 6) is 0.957. The number of aliphatic imine (C=N–C) groups is 1. The fraction of sp³-hybridized carbons (Fsp3) is 0.600. The number of benzene rings is 1. The van der Waals surface area contributed by atoms with Crippen molar-refractivity contribution in [2.75, 3.05) is 40.3 Å². The Kier molecular flexibility index (Phi) is 9.01. The molecule has 3 N–H and O–H groups in total. The third kappa shape index (κ3) is 6.06. The average Bonchev–Trinajstić information content (AvgIpc) is 3.47. The van der Waals surface area contributed by atoms with Crippen LogP contribution in [0, 0.1) is 0 Å². The maximum Gasteiger partial charge on any atom is 0.233 e. The van der Waals surface area contributed by atoms with E-state index in [2.05, 4.69) is 66.0 Å². The van der Waals surface area contributed by atoms with Crippen LogP contribution in [0.5, 0.6) is 0 Å². The number of nitrogens with one attached hydrogen (secondary N) is 3. The van der Waals surface area contributed by atoms with E-state index >= 15 is 0 Å². The number of hydrogen-bond acceptors (Lipinski definition) is 3. The molecule has 0 aromatic heterocycles. The number of halogens is 2. The monoisotopic (exact) mass is 563 g/mol. The van der Waals surface area contributed by atoms with Gasteiger partial charge < -0.3 is 16.0 Å². The lowest BCUT2D eigenvalue weighted by atomic mass is 9.96. The smallest absolute Gasteiger partial charge is 0.233 e. The van der Waals surface area contributed by atoms with Gasteiger partial charge in [-0.15, -0.1) is 24.0 Å². The number of nitrogens with zero attached hydrogens (tertiary/aromatic N) is 2. The summed E-state index contributed by atoms with van der Waals surface area (Å²) < 4.78 is 1.19. The normalized spacial score (nSPS) is 19.5. The van der Waals surface area contributed by atoms with E-state index in [1.165, 1.54) is 22.9 Å². The number of rotatable bonds is 6. The van der Waals surface area contributed by atoms with Gasteiger partial charge in [0, 0.05) is 49.7 Å². The summed E-state index contributed by atoms with van der Waals surface area (Å²) in [5.41, 5.74) is 1.60. The van der Waals surface area contributed by atoms with Gasteiger partial charge in [0.25, 0.3) is 0 Å². The third-order valence-corrected chi connectivity index (χ3v) is 6.38. The van der Waals surface area contributed by atoms with E-state index in [0.29, 0.717) is 12.6 Å². The highest BCUT2D eigenvalue weighted by atomic mass is 127. The molecular weight excluding hydrogens is 533 g/mol. The van der Waals surface area contributed by atoms with Crippen molar-refractivity contribution in [1.82, 2.24) is 20.9 Å². The van der Waals surface area contributed by atoms with Crippen molar-refractivity contribution < 1.29 is 4.79 Å². The van der Waals surface area contributed by atoms with Crippen molar-refractivity contribution in [2.24, 2.45) is 4.99 Å².